The third kappa shape index (κ3) is 8.03. The van der Waals surface area contributed by atoms with Crippen LogP contribution in [0.1, 0.15) is 84.1 Å². The zero-order valence-electron chi connectivity index (χ0n) is 28.3. The van der Waals surface area contributed by atoms with E-state index in [0.717, 1.165) is 18.4 Å². The number of carbonyl (C=O) groups excluding carboxylic acids is 4. The minimum absolute atomic E-state index is 0.0156. The van der Waals surface area contributed by atoms with E-state index in [1.165, 1.54) is 4.90 Å². The van der Waals surface area contributed by atoms with Crippen molar-refractivity contribution in [3.63, 3.8) is 0 Å². The van der Waals surface area contributed by atoms with E-state index in [-0.39, 0.29) is 25.5 Å². The minimum atomic E-state index is -3.87. The fraction of sp³-hybridized carbons (Fsp3) is 0.618. The number of aryl methyl sites for hydroxylation is 1. The first-order chi connectivity index (χ1) is 23.1. The summed E-state index contributed by atoms with van der Waals surface area (Å²) in [5.41, 5.74) is -0.194. The van der Waals surface area contributed by atoms with Gasteiger partial charge >= 0.3 is 12.2 Å². The number of nitrogens with zero attached hydrogens (tertiary/aromatic N) is 2. The highest BCUT2D eigenvalue weighted by Gasteiger charge is 2.62. The van der Waals surface area contributed by atoms with E-state index in [9.17, 15) is 27.6 Å². The van der Waals surface area contributed by atoms with Gasteiger partial charge in [0.2, 0.25) is 21.8 Å². The number of carbonyl (C=O) groups is 4. The standard InChI is InChI=1S/C34H45N5O9S/c1-20-12-15-24-27(16-20)47-32(36-24)46-22-17-26-28(40)37-34(30(42)38-49(44,45)23-13-14-23)18-21(34)10-8-6-5-7-9-11-25(29(41)39(26)19-22)35-31(43)48-33(2,3)4/h8,10,12,15-16,21-23,25-26H,5-7,9,11,13-14,17-19H2,1-4H3,(H,35,43)(H,37,40)(H,38,42)/t21-,22-,25+,26+,34-/m1/s1. The maximum atomic E-state index is 14.3. The van der Waals surface area contributed by atoms with Crippen molar-refractivity contribution >= 4 is 44.9 Å². The molecule has 4 amide bonds. The van der Waals surface area contributed by atoms with Gasteiger partial charge in [0.25, 0.3) is 5.91 Å². The quantitative estimate of drug-likeness (QED) is 0.378. The predicted octanol–water partition coefficient (Wildman–Crippen LogP) is 3.38. The zero-order valence-corrected chi connectivity index (χ0v) is 29.1. The van der Waals surface area contributed by atoms with Gasteiger partial charge < -0.3 is 29.4 Å². The van der Waals surface area contributed by atoms with Crippen LogP contribution in [0.5, 0.6) is 6.08 Å². The Bertz CT molecular complexity index is 1760. The largest absolute Gasteiger partial charge is 0.445 e. The van der Waals surface area contributed by atoms with Crippen LogP contribution >= 0.6 is 0 Å². The monoisotopic (exact) mass is 699 g/mol. The lowest BCUT2D eigenvalue weighted by molar-refractivity contribution is -0.141. The van der Waals surface area contributed by atoms with Crippen LogP contribution < -0.4 is 20.1 Å². The van der Waals surface area contributed by atoms with E-state index in [2.05, 4.69) is 20.3 Å². The first-order valence-electron chi connectivity index (χ1n) is 17.0. The number of fused-ring (bicyclic) bond motifs is 3. The molecule has 2 aliphatic heterocycles. The van der Waals surface area contributed by atoms with Crippen molar-refractivity contribution in [3.05, 3.63) is 35.9 Å². The molecule has 0 radical (unpaired) electrons. The van der Waals surface area contributed by atoms with Gasteiger partial charge in [-0.3, -0.25) is 19.1 Å². The molecule has 3 heterocycles. The highest BCUT2D eigenvalue weighted by atomic mass is 32.2. The van der Waals surface area contributed by atoms with Crippen molar-refractivity contribution < 1.29 is 41.5 Å². The van der Waals surface area contributed by atoms with Gasteiger partial charge in [-0.25, -0.2) is 13.2 Å². The molecule has 3 fully saturated rings. The lowest BCUT2D eigenvalue weighted by Crippen LogP contribution is -2.58. The molecular weight excluding hydrogens is 654 g/mol. The summed E-state index contributed by atoms with van der Waals surface area (Å²) in [5.74, 6) is -2.34. The molecule has 0 spiro atoms. The van der Waals surface area contributed by atoms with E-state index >= 15 is 0 Å². The molecule has 4 aliphatic rings. The summed E-state index contributed by atoms with van der Waals surface area (Å²) in [4.78, 5) is 60.6. The Morgan fingerprint density at radius 3 is 2.63 bits per heavy atom. The number of amides is 4. The lowest BCUT2D eigenvalue weighted by atomic mass is 10.0. The molecule has 0 bridgehead atoms. The Labute approximate surface area is 285 Å². The molecule has 3 N–H and O–H groups in total. The molecule has 49 heavy (non-hydrogen) atoms. The predicted molar refractivity (Wildman–Crippen MR) is 178 cm³/mol. The number of sulfonamides is 1. The van der Waals surface area contributed by atoms with E-state index in [0.29, 0.717) is 43.2 Å². The smallest absolute Gasteiger partial charge is 0.408 e. The second kappa shape index (κ2) is 13.3. The first kappa shape index (κ1) is 34.7. The molecule has 6 rings (SSSR count). The molecule has 1 aromatic carbocycles. The second-order valence-corrected chi connectivity index (χ2v) is 16.6. The van der Waals surface area contributed by atoms with Crippen LogP contribution in [0.25, 0.3) is 11.1 Å². The van der Waals surface area contributed by atoms with Gasteiger partial charge in [-0.2, -0.15) is 4.98 Å². The van der Waals surface area contributed by atoms with Crippen LogP contribution in [-0.4, -0.2) is 83.2 Å². The maximum Gasteiger partial charge on any atom is 0.408 e. The van der Waals surface area contributed by atoms with Gasteiger partial charge in [-0.1, -0.05) is 31.1 Å². The van der Waals surface area contributed by atoms with E-state index in [4.69, 9.17) is 13.9 Å². The number of hydrogen-bond donors (Lipinski definition) is 3. The molecule has 15 heteroatoms. The van der Waals surface area contributed by atoms with Gasteiger partial charge in [-0.05, 0) is 83.9 Å². The number of aromatic nitrogens is 1. The van der Waals surface area contributed by atoms with Crippen molar-refractivity contribution in [3.8, 4) is 6.08 Å². The van der Waals surface area contributed by atoms with Crippen molar-refractivity contribution in [2.24, 2.45) is 5.92 Å². The van der Waals surface area contributed by atoms with Gasteiger partial charge in [0.05, 0.1) is 11.8 Å². The van der Waals surface area contributed by atoms with Crippen molar-refractivity contribution in [2.75, 3.05) is 6.54 Å². The number of alkyl carbamates (subject to hydrolysis) is 1. The number of ether oxygens (including phenoxy) is 2. The van der Waals surface area contributed by atoms with E-state index in [1.54, 1.807) is 26.8 Å². The summed E-state index contributed by atoms with van der Waals surface area (Å²) >= 11 is 0. The third-order valence-corrected chi connectivity index (χ3v) is 11.1. The second-order valence-electron chi connectivity index (χ2n) is 14.6. The van der Waals surface area contributed by atoms with E-state index < -0.39 is 74.3 Å². The highest BCUT2D eigenvalue weighted by molar-refractivity contribution is 7.91. The molecule has 1 aromatic heterocycles. The average molecular weight is 700 g/mol. The summed E-state index contributed by atoms with van der Waals surface area (Å²) in [5, 5.41) is 4.94. The topological polar surface area (TPSA) is 186 Å². The number of oxazole rings is 1. The average Bonchev–Trinajstić information content (AvgIpc) is 3.90. The van der Waals surface area contributed by atoms with Crippen molar-refractivity contribution in [1.82, 2.24) is 25.2 Å². The summed E-state index contributed by atoms with van der Waals surface area (Å²) < 4.78 is 45.0. The van der Waals surface area contributed by atoms with Crippen molar-refractivity contribution in [2.45, 2.75) is 120 Å². The number of benzene rings is 1. The molecule has 0 unspecified atom stereocenters. The highest BCUT2D eigenvalue weighted by Crippen LogP contribution is 2.46. The Hall–Kier alpha value is -4.14. The number of rotatable bonds is 6. The Morgan fingerprint density at radius 2 is 1.90 bits per heavy atom. The van der Waals surface area contributed by atoms with Crippen LogP contribution in [0.3, 0.4) is 0 Å². The van der Waals surface area contributed by atoms with Crippen LogP contribution in [0.2, 0.25) is 0 Å². The number of allylic oxidation sites excluding steroid dienone is 1. The fourth-order valence-electron chi connectivity index (χ4n) is 6.50. The molecule has 2 aromatic rings. The zero-order chi connectivity index (χ0) is 35.1. The van der Waals surface area contributed by atoms with E-state index in [1.807, 2.05) is 31.2 Å². The van der Waals surface area contributed by atoms with Crippen LogP contribution in [0, 0.1) is 12.8 Å². The summed E-state index contributed by atoms with van der Waals surface area (Å²) in [7, 11) is -3.87. The summed E-state index contributed by atoms with van der Waals surface area (Å²) in [6.07, 6.45) is 6.72. The Balaban J connectivity index is 1.28. The van der Waals surface area contributed by atoms with Crippen LogP contribution in [0.4, 0.5) is 4.79 Å². The maximum absolute atomic E-state index is 14.3. The lowest BCUT2D eigenvalue weighted by Gasteiger charge is -2.30. The number of nitrogens with one attached hydrogen (secondary N) is 3. The molecule has 5 atom stereocenters. The molecule has 14 nitrogen and oxygen atoms in total. The van der Waals surface area contributed by atoms with Crippen LogP contribution in [-0.2, 0) is 29.1 Å². The summed E-state index contributed by atoms with van der Waals surface area (Å²) in [6, 6.07) is 3.42. The molecule has 1 saturated heterocycles. The summed E-state index contributed by atoms with van der Waals surface area (Å²) in [6.45, 7) is 7.07. The van der Waals surface area contributed by atoms with Gasteiger partial charge in [0, 0.05) is 12.3 Å². The van der Waals surface area contributed by atoms with Gasteiger partial charge in [0.15, 0.2) is 5.58 Å². The molecule has 2 aliphatic carbocycles. The first-order valence-corrected chi connectivity index (χ1v) is 18.6. The molecule has 2 saturated carbocycles. The number of hydrogen-bond acceptors (Lipinski definition) is 10. The Kier molecular flexibility index (Phi) is 9.42. The normalized spacial score (nSPS) is 28.0. The van der Waals surface area contributed by atoms with Crippen LogP contribution in [0.15, 0.2) is 34.8 Å². The third-order valence-electron chi connectivity index (χ3n) is 9.33. The van der Waals surface area contributed by atoms with Crippen molar-refractivity contribution in [1.29, 1.82) is 0 Å². The fourth-order valence-corrected chi connectivity index (χ4v) is 7.86. The molecular formula is C34H45N5O9S. The van der Waals surface area contributed by atoms with Gasteiger partial charge in [-0.15, -0.1) is 0 Å². The SMILES string of the molecule is Cc1ccc2nc(O[C@@H]3C[C@H]4C(=O)N[C@]5(C(=O)NS(=O)(=O)C6CC6)C[C@H]5C=CCCCCC[C@H](NC(=O)OC(C)(C)C)C(=O)N4C3)oc2c1. The minimum Gasteiger partial charge on any atom is -0.445 e. The molecule has 266 valence electrons. The Morgan fingerprint density at radius 1 is 1.12 bits per heavy atom. The van der Waals surface area contributed by atoms with Gasteiger partial charge in [0.1, 0.15) is 34.8 Å².